The molecule has 47 heavy (non-hydrogen) atoms. The predicted octanol–water partition coefficient (Wildman–Crippen LogP) is 5.78. The Morgan fingerprint density at radius 2 is 1.79 bits per heavy atom. The van der Waals surface area contributed by atoms with E-state index >= 15 is 0 Å². The van der Waals surface area contributed by atoms with Gasteiger partial charge >= 0.3 is 12.1 Å². The molecular weight excluding hydrogens is 613 g/mol. The van der Waals surface area contributed by atoms with E-state index < -0.39 is 17.7 Å². The smallest absolute Gasteiger partial charge is 0.490 e. The summed E-state index contributed by atoms with van der Waals surface area (Å²) in [5, 5.41) is 14.0. The molecule has 6 heterocycles. The third-order valence-electron chi connectivity index (χ3n) is 8.28. The van der Waals surface area contributed by atoms with E-state index in [2.05, 4.69) is 37.8 Å². The van der Waals surface area contributed by atoms with Crippen molar-refractivity contribution in [3.05, 3.63) is 72.2 Å². The molecule has 3 aromatic heterocycles. The van der Waals surface area contributed by atoms with Crippen molar-refractivity contribution in [2.24, 2.45) is 0 Å². The number of alkyl halides is 3. The Bertz CT molecular complexity index is 1790. The maximum absolute atomic E-state index is 12.7. The highest BCUT2D eigenvalue weighted by molar-refractivity contribution is 5.85. The number of nitriles is 1. The topological polar surface area (TPSA) is 105 Å². The van der Waals surface area contributed by atoms with Crippen LogP contribution in [0.4, 0.5) is 19.0 Å². The molecule has 4 aromatic rings. The van der Waals surface area contributed by atoms with Crippen LogP contribution in [0, 0.1) is 11.3 Å². The number of halogens is 3. The van der Waals surface area contributed by atoms with E-state index in [0.29, 0.717) is 34.3 Å². The molecule has 0 radical (unpaired) electrons. The molecule has 246 valence electrons. The Morgan fingerprint density at radius 3 is 2.40 bits per heavy atom. The Kier molecular flexibility index (Phi) is 8.48. The summed E-state index contributed by atoms with van der Waals surface area (Å²) in [6.45, 7) is 8.94. The lowest BCUT2D eigenvalue weighted by Crippen LogP contribution is -2.68. The van der Waals surface area contributed by atoms with Gasteiger partial charge in [0.25, 0.3) is 0 Å². The number of rotatable bonds is 10. The largest absolute Gasteiger partial charge is 0.491 e. The molecule has 2 atom stereocenters. The number of piperidine rings is 1. The predicted molar refractivity (Wildman–Crippen MR) is 167 cm³/mol. The molecule has 3 saturated heterocycles. The van der Waals surface area contributed by atoms with Crippen LogP contribution in [0.1, 0.15) is 45.2 Å². The van der Waals surface area contributed by atoms with Crippen molar-refractivity contribution < 1.29 is 32.2 Å². The van der Waals surface area contributed by atoms with Crippen LogP contribution in [-0.2, 0) is 16.1 Å². The first kappa shape index (κ1) is 32.1. The highest BCUT2D eigenvalue weighted by Crippen LogP contribution is 2.37. The number of benzene rings is 1. The van der Waals surface area contributed by atoms with Crippen LogP contribution < -0.4 is 14.4 Å². The van der Waals surface area contributed by atoms with E-state index in [-0.39, 0.29) is 18.5 Å². The van der Waals surface area contributed by atoms with Crippen molar-refractivity contribution in [2.45, 2.75) is 70.6 Å². The third kappa shape index (κ3) is 6.97. The normalized spacial score (nSPS) is 18.1. The van der Waals surface area contributed by atoms with Gasteiger partial charge in [0, 0.05) is 49.0 Å². The zero-order chi connectivity index (χ0) is 33.5. The number of hydrogen-bond donors (Lipinski definition) is 0. The number of piperazine rings is 1. The van der Waals surface area contributed by atoms with Crippen molar-refractivity contribution in [1.82, 2.24) is 19.5 Å². The molecule has 3 aliphatic rings. The minimum Gasteiger partial charge on any atom is -0.491 e. The zero-order valence-electron chi connectivity index (χ0n) is 26.5. The van der Waals surface area contributed by atoms with Crippen molar-refractivity contribution in [2.75, 3.05) is 24.6 Å². The van der Waals surface area contributed by atoms with Crippen molar-refractivity contribution >= 4 is 17.3 Å². The molecular formula is C34H35F3N6O4. The second-order valence-corrected chi connectivity index (χ2v) is 12.8. The standard InChI is InChI=1S/C34H35F3N6O4/c1-21(2)46-27-8-5-22(6-9-27)16-42-25-11-26(42)18-41(17-25)30-10-7-23(14-39-30)29-12-28(19-43-31(29)24(13-38)15-40-43)45-20-33(3,4)47-32(44)34(35,36)37/h5-10,12,14-15,19,21,25-26H,11,16-18,20H2,1-4H3. The van der Waals surface area contributed by atoms with Crippen LogP contribution in [0.5, 0.6) is 11.5 Å². The van der Waals surface area contributed by atoms with E-state index in [1.165, 1.54) is 36.3 Å². The number of esters is 1. The summed E-state index contributed by atoms with van der Waals surface area (Å²) in [7, 11) is 0. The van der Waals surface area contributed by atoms with Gasteiger partial charge in [-0.05, 0) is 70.0 Å². The lowest BCUT2D eigenvalue weighted by Gasteiger charge is -2.56. The Balaban J connectivity index is 1.15. The fourth-order valence-electron chi connectivity index (χ4n) is 6.09. The van der Waals surface area contributed by atoms with E-state index in [9.17, 15) is 23.2 Å². The second kappa shape index (κ2) is 12.4. The summed E-state index contributed by atoms with van der Waals surface area (Å²) in [5.74, 6) is -0.302. The number of hydrogen-bond acceptors (Lipinski definition) is 9. The molecule has 0 N–H and O–H groups in total. The minimum atomic E-state index is -5.12. The maximum atomic E-state index is 12.7. The monoisotopic (exact) mass is 648 g/mol. The van der Waals surface area contributed by atoms with E-state index in [0.717, 1.165) is 37.6 Å². The molecule has 0 saturated carbocycles. The van der Waals surface area contributed by atoms with Gasteiger partial charge in [0.1, 0.15) is 35.6 Å². The van der Waals surface area contributed by atoms with E-state index in [1.807, 2.05) is 38.1 Å². The van der Waals surface area contributed by atoms with Crippen LogP contribution >= 0.6 is 0 Å². The summed E-state index contributed by atoms with van der Waals surface area (Å²) in [5.41, 5.74) is 1.89. The van der Waals surface area contributed by atoms with Gasteiger partial charge in [-0.15, -0.1) is 0 Å². The summed E-state index contributed by atoms with van der Waals surface area (Å²) >= 11 is 0. The number of aromatic nitrogens is 3. The molecule has 0 spiro atoms. The van der Waals surface area contributed by atoms with Crippen molar-refractivity contribution in [1.29, 1.82) is 5.26 Å². The van der Waals surface area contributed by atoms with Crippen LogP contribution in [0.2, 0.25) is 0 Å². The average molecular weight is 649 g/mol. The Labute approximate surface area is 270 Å². The third-order valence-corrected chi connectivity index (χ3v) is 8.28. The van der Waals surface area contributed by atoms with Gasteiger partial charge in [-0.3, -0.25) is 4.90 Å². The summed E-state index contributed by atoms with van der Waals surface area (Å²) in [6.07, 6.45) is 0.853. The fourth-order valence-corrected chi connectivity index (χ4v) is 6.09. The number of carbonyl (C=O) groups is 1. The fraction of sp³-hybridized carbons (Fsp3) is 0.412. The summed E-state index contributed by atoms with van der Waals surface area (Å²) < 4.78 is 55.8. The summed E-state index contributed by atoms with van der Waals surface area (Å²) in [6, 6.07) is 16.9. The van der Waals surface area contributed by atoms with Crippen LogP contribution in [-0.4, -0.2) is 75.1 Å². The SMILES string of the molecule is CC(C)Oc1ccc(CN2C3CC2CN(c2ccc(-c4cc(OCC(C)(C)OC(=O)C(F)(F)F)cn5ncc(C#N)c45)cn2)C3)cc1. The highest BCUT2D eigenvalue weighted by atomic mass is 19.4. The average Bonchev–Trinajstić information content (AvgIpc) is 3.45. The first-order chi connectivity index (χ1) is 22.3. The van der Waals surface area contributed by atoms with Crippen LogP contribution in [0.3, 0.4) is 0 Å². The van der Waals surface area contributed by atoms with Gasteiger partial charge in [0.2, 0.25) is 0 Å². The minimum absolute atomic E-state index is 0.139. The van der Waals surface area contributed by atoms with Crippen LogP contribution in [0.15, 0.2) is 61.1 Å². The summed E-state index contributed by atoms with van der Waals surface area (Å²) in [4.78, 5) is 21.0. The molecule has 7 rings (SSSR count). The van der Waals surface area contributed by atoms with E-state index in [4.69, 9.17) is 14.5 Å². The maximum Gasteiger partial charge on any atom is 0.490 e. The molecule has 2 bridgehead atoms. The molecule has 13 heteroatoms. The number of pyridine rings is 2. The first-order valence-electron chi connectivity index (χ1n) is 15.4. The number of anilines is 1. The molecule has 10 nitrogen and oxygen atoms in total. The zero-order valence-corrected chi connectivity index (χ0v) is 26.5. The van der Waals surface area contributed by atoms with Gasteiger partial charge in [-0.2, -0.15) is 23.5 Å². The van der Waals surface area contributed by atoms with Gasteiger partial charge in [0.15, 0.2) is 0 Å². The number of nitrogens with zero attached hydrogens (tertiary/aromatic N) is 6. The Hall–Kier alpha value is -4.83. The van der Waals surface area contributed by atoms with Gasteiger partial charge in [-0.25, -0.2) is 14.3 Å². The first-order valence-corrected chi connectivity index (χ1v) is 15.4. The molecule has 2 unspecified atom stereocenters. The lowest BCUT2D eigenvalue weighted by atomic mass is 9.86. The lowest BCUT2D eigenvalue weighted by molar-refractivity contribution is -0.213. The molecule has 0 aliphatic carbocycles. The number of carbonyl (C=O) groups excluding carboxylic acids is 1. The second-order valence-electron chi connectivity index (χ2n) is 12.8. The number of ether oxygens (including phenoxy) is 3. The Morgan fingerprint density at radius 1 is 1.06 bits per heavy atom. The quantitative estimate of drug-likeness (QED) is 0.198. The molecule has 3 fully saturated rings. The van der Waals surface area contributed by atoms with Gasteiger partial charge in [0.05, 0.1) is 29.6 Å². The van der Waals surface area contributed by atoms with Crippen LogP contribution in [0.25, 0.3) is 16.6 Å². The molecule has 0 amide bonds. The van der Waals surface area contributed by atoms with Crippen molar-refractivity contribution in [3.63, 3.8) is 0 Å². The van der Waals surface area contributed by atoms with E-state index in [1.54, 1.807) is 12.3 Å². The number of fused-ring (bicyclic) bond motifs is 3. The van der Waals surface area contributed by atoms with Gasteiger partial charge < -0.3 is 19.1 Å². The molecule has 3 aliphatic heterocycles. The van der Waals surface area contributed by atoms with Crippen molar-refractivity contribution in [3.8, 4) is 28.7 Å². The highest BCUT2D eigenvalue weighted by Gasteiger charge is 2.45. The van der Waals surface area contributed by atoms with Gasteiger partial charge in [-0.1, -0.05) is 12.1 Å². The molecule has 1 aromatic carbocycles.